The lowest BCUT2D eigenvalue weighted by molar-refractivity contribution is -0.137. The van der Waals surface area contributed by atoms with E-state index in [9.17, 15) is 18.0 Å². The molecule has 0 saturated carbocycles. The summed E-state index contributed by atoms with van der Waals surface area (Å²) in [5.41, 5.74) is 0.443. The molecule has 2 aliphatic rings. The van der Waals surface area contributed by atoms with E-state index in [-0.39, 0.29) is 5.91 Å². The average molecular weight is 448 g/mol. The molecule has 2 aromatic rings. The molecule has 9 heteroatoms. The van der Waals surface area contributed by atoms with E-state index < -0.39 is 17.8 Å². The fourth-order valence-electron chi connectivity index (χ4n) is 4.21. The van der Waals surface area contributed by atoms with Crippen LogP contribution in [-0.4, -0.2) is 65.0 Å². The summed E-state index contributed by atoms with van der Waals surface area (Å²) >= 11 is 0. The lowest BCUT2D eigenvalue weighted by atomic mass is 9.99. The zero-order chi connectivity index (χ0) is 22.7. The number of benzene rings is 1. The van der Waals surface area contributed by atoms with Gasteiger partial charge in [0.15, 0.2) is 0 Å². The van der Waals surface area contributed by atoms with Crippen LogP contribution in [0.25, 0.3) is 11.3 Å². The molecule has 0 spiro atoms. The lowest BCUT2D eigenvalue weighted by Gasteiger charge is -2.35. The normalized spacial score (nSPS) is 21.0. The molecule has 0 radical (unpaired) electrons. The number of amides is 1. The Bertz CT molecular complexity index is 945. The van der Waals surface area contributed by atoms with Gasteiger partial charge in [-0.25, -0.2) is 0 Å². The first kappa shape index (κ1) is 22.7. The van der Waals surface area contributed by atoms with Gasteiger partial charge >= 0.3 is 6.18 Å². The van der Waals surface area contributed by atoms with E-state index in [1.54, 1.807) is 6.07 Å². The van der Waals surface area contributed by atoms with E-state index >= 15 is 0 Å². The summed E-state index contributed by atoms with van der Waals surface area (Å²) in [4.78, 5) is 25.4. The second-order valence-corrected chi connectivity index (χ2v) is 8.53. The number of piperidine rings is 1. The number of carbonyl (C=O) groups excluding carboxylic acids is 1. The van der Waals surface area contributed by atoms with Crippen LogP contribution >= 0.6 is 0 Å². The minimum Gasteiger partial charge on any atom is -0.369 e. The smallest absolute Gasteiger partial charge is 0.369 e. The highest BCUT2D eigenvalue weighted by molar-refractivity contribution is 5.78. The van der Waals surface area contributed by atoms with Gasteiger partial charge in [-0.15, -0.1) is 0 Å². The molecule has 172 valence electrons. The Morgan fingerprint density at radius 3 is 2.66 bits per heavy atom. The molecule has 3 heterocycles. The van der Waals surface area contributed by atoms with Crippen molar-refractivity contribution in [2.24, 2.45) is 5.92 Å². The zero-order valence-electron chi connectivity index (χ0n) is 18.0. The molecule has 1 amide bonds. The summed E-state index contributed by atoms with van der Waals surface area (Å²) in [6, 6.07) is 5.06. The number of aromatic nitrogens is 2. The van der Waals surface area contributed by atoms with Gasteiger partial charge in [0.05, 0.1) is 30.1 Å². The van der Waals surface area contributed by atoms with Crippen LogP contribution in [0.2, 0.25) is 0 Å². The molecule has 2 fully saturated rings. The lowest BCUT2D eigenvalue weighted by Crippen LogP contribution is -2.47. The largest absolute Gasteiger partial charge is 0.416 e. The van der Waals surface area contributed by atoms with Crippen molar-refractivity contribution >= 4 is 5.91 Å². The van der Waals surface area contributed by atoms with Crippen molar-refractivity contribution in [2.45, 2.75) is 32.0 Å². The number of hydrogen-bond donors (Lipinski definition) is 0. The van der Waals surface area contributed by atoms with Crippen molar-refractivity contribution in [1.29, 1.82) is 0 Å². The van der Waals surface area contributed by atoms with E-state index in [4.69, 9.17) is 4.74 Å². The van der Waals surface area contributed by atoms with Gasteiger partial charge in [0.25, 0.3) is 0 Å². The van der Waals surface area contributed by atoms with Crippen LogP contribution < -0.4 is 0 Å². The summed E-state index contributed by atoms with van der Waals surface area (Å²) in [5, 5.41) is 0. The summed E-state index contributed by atoms with van der Waals surface area (Å²) < 4.78 is 45.5. The maximum Gasteiger partial charge on any atom is 0.416 e. The fraction of sp³-hybridized carbons (Fsp3) is 0.522. The monoisotopic (exact) mass is 448 g/mol. The SMILES string of the molecule is CC1CCN(C(=O)CN2CCO[C@H](c3nccnc3-c3cccc(C(F)(F)F)c3)C2)CC1. The number of likely N-dealkylation sites (tertiary alicyclic amines) is 1. The van der Waals surface area contributed by atoms with Crippen LogP contribution in [0.1, 0.15) is 37.1 Å². The quantitative estimate of drug-likeness (QED) is 0.712. The number of nitrogens with zero attached hydrogens (tertiary/aromatic N) is 4. The second-order valence-electron chi connectivity index (χ2n) is 8.53. The zero-order valence-corrected chi connectivity index (χ0v) is 18.0. The summed E-state index contributed by atoms with van der Waals surface area (Å²) in [6.45, 7) is 5.54. The van der Waals surface area contributed by atoms with Crippen LogP contribution in [0.15, 0.2) is 36.7 Å². The fourth-order valence-corrected chi connectivity index (χ4v) is 4.21. The summed E-state index contributed by atoms with van der Waals surface area (Å²) in [6.07, 6.45) is 0.101. The molecule has 6 nitrogen and oxygen atoms in total. The Balaban J connectivity index is 1.49. The topological polar surface area (TPSA) is 58.6 Å². The van der Waals surface area contributed by atoms with Gasteiger partial charge in [0, 0.05) is 44.1 Å². The maximum atomic E-state index is 13.2. The molecule has 4 rings (SSSR count). The molecule has 1 atom stereocenters. The first-order valence-corrected chi connectivity index (χ1v) is 10.9. The second kappa shape index (κ2) is 9.54. The van der Waals surface area contributed by atoms with E-state index in [0.717, 1.165) is 38.1 Å². The number of morpholine rings is 1. The van der Waals surface area contributed by atoms with Gasteiger partial charge in [0.1, 0.15) is 6.10 Å². The van der Waals surface area contributed by atoms with Crippen LogP contribution in [0, 0.1) is 5.92 Å². The van der Waals surface area contributed by atoms with Gasteiger partial charge in [-0.2, -0.15) is 13.2 Å². The van der Waals surface area contributed by atoms with Crippen molar-refractivity contribution in [3.05, 3.63) is 47.9 Å². The summed E-state index contributed by atoms with van der Waals surface area (Å²) in [7, 11) is 0. The van der Waals surface area contributed by atoms with Gasteiger partial charge < -0.3 is 9.64 Å². The summed E-state index contributed by atoms with van der Waals surface area (Å²) in [5.74, 6) is 0.757. The standard InChI is InChI=1S/C23H27F3N4O2/c1-16-5-9-30(10-6-16)20(31)15-29-11-12-32-19(14-29)22-21(27-7-8-28-22)17-3-2-4-18(13-17)23(24,25)26/h2-4,7-8,13,16,19H,5-6,9-12,14-15H2,1H3/t19-/m0/s1. The molecular formula is C23H27F3N4O2. The number of alkyl halides is 3. The molecule has 0 bridgehead atoms. The highest BCUT2D eigenvalue weighted by Crippen LogP contribution is 2.34. The minimum absolute atomic E-state index is 0.106. The van der Waals surface area contributed by atoms with Crippen LogP contribution in [-0.2, 0) is 15.7 Å². The van der Waals surface area contributed by atoms with Crippen LogP contribution in [0.4, 0.5) is 13.2 Å². The number of rotatable bonds is 4. The van der Waals surface area contributed by atoms with Gasteiger partial charge in [-0.1, -0.05) is 19.1 Å². The number of halogens is 3. The van der Waals surface area contributed by atoms with Gasteiger partial charge in [-0.3, -0.25) is 19.7 Å². The first-order valence-electron chi connectivity index (χ1n) is 10.9. The van der Waals surface area contributed by atoms with Crippen molar-refractivity contribution in [3.63, 3.8) is 0 Å². The molecule has 2 aliphatic heterocycles. The molecule has 0 aliphatic carbocycles. The van der Waals surface area contributed by atoms with Crippen LogP contribution in [0.3, 0.4) is 0 Å². The van der Waals surface area contributed by atoms with E-state index in [1.165, 1.54) is 18.5 Å². The third-order valence-electron chi connectivity index (χ3n) is 6.14. The molecular weight excluding hydrogens is 421 g/mol. The average Bonchev–Trinajstić information content (AvgIpc) is 2.79. The highest BCUT2D eigenvalue weighted by atomic mass is 19.4. The van der Waals surface area contributed by atoms with E-state index in [0.29, 0.717) is 49.1 Å². The Kier molecular flexibility index (Phi) is 6.76. The first-order chi connectivity index (χ1) is 15.3. The number of ether oxygens (including phenoxy) is 1. The van der Waals surface area contributed by atoms with Crippen molar-refractivity contribution in [3.8, 4) is 11.3 Å². The van der Waals surface area contributed by atoms with Crippen molar-refractivity contribution in [2.75, 3.05) is 39.3 Å². The van der Waals surface area contributed by atoms with Gasteiger partial charge in [0.2, 0.25) is 5.91 Å². The third kappa shape index (κ3) is 5.27. The highest BCUT2D eigenvalue weighted by Gasteiger charge is 2.32. The molecule has 1 aromatic carbocycles. The van der Waals surface area contributed by atoms with Gasteiger partial charge in [-0.05, 0) is 30.9 Å². The Morgan fingerprint density at radius 1 is 1.16 bits per heavy atom. The Labute approximate surface area is 185 Å². The molecule has 32 heavy (non-hydrogen) atoms. The Morgan fingerprint density at radius 2 is 1.91 bits per heavy atom. The molecule has 1 aromatic heterocycles. The molecule has 2 saturated heterocycles. The Hall–Kier alpha value is -2.52. The molecule has 0 unspecified atom stereocenters. The van der Waals surface area contributed by atoms with E-state index in [2.05, 4.69) is 16.9 Å². The van der Waals surface area contributed by atoms with Crippen LogP contribution in [0.5, 0.6) is 0 Å². The third-order valence-corrected chi connectivity index (χ3v) is 6.14. The van der Waals surface area contributed by atoms with Crippen molar-refractivity contribution < 1.29 is 22.7 Å². The minimum atomic E-state index is -4.44. The number of hydrogen-bond acceptors (Lipinski definition) is 5. The maximum absolute atomic E-state index is 13.2. The molecule has 0 N–H and O–H groups in total. The van der Waals surface area contributed by atoms with Crippen molar-refractivity contribution in [1.82, 2.24) is 19.8 Å². The van der Waals surface area contributed by atoms with E-state index in [1.807, 2.05) is 9.80 Å². The number of carbonyl (C=O) groups is 1. The predicted molar refractivity (Wildman–Crippen MR) is 113 cm³/mol. The predicted octanol–water partition coefficient (Wildman–Crippen LogP) is 3.79.